The molecule has 3 aromatic rings. The molecule has 0 radical (unpaired) electrons. The quantitative estimate of drug-likeness (QED) is 0.531. The average molecular weight is 357 g/mol. The van der Waals surface area contributed by atoms with Crippen LogP contribution in [0.2, 0.25) is 5.02 Å². The number of pyridine rings is 1. The van der Waals surface area contributed by atoms with Crippen molar-refractivity contribution in [1.82, 2.24) is 10.3 Å². The molecule has 3 rings (SSSR count). The summed E-state index contributed by atoms with van der Waals surface area (Å²) in [6, 6.07) is 17.5. The van der Waals surface area contributed by atoms with Crippen molar-refractivity contribution in [3.8, 4) is 0 Å². The predicted molar refractivity (Wildman–Crippen MR) is 101 cm³/mol. The molecule has 0 unspecified atom stereocenters. The van der Waals surface area contributed by atoms with Crippen LogP contribution in [0.15, 0.2) is 59.5 Å². The second-order valence-electron chi connectivity index (χ2n) is 5.38. The summed E-state index contributed by atoms with van der Waals surface area (Å²) >= 11 is 7.74. The maximum atomic E-state index is 12.4. The highest BCUT2D eigenvalue weighted by Crippen LogP contribution is 2.21. The number of thioether (sulfide) groups is 1. The van der Waals surface area contributed by atoms with Crippen molar-refractivity contribution in [2.24, 2.45) is 0 Å². The summed E-state index contributed by atoms with van der Waals surface area (Å²) in [5, 5.41) is 4.47. The van der Waals surface area contributed by atoms with Crippen LogP contribution in [0.4, 0.5) is 0 Å². The Kier molecular flexibility index (Phi) is 5.38. The summed E-state index contributed by atoms with van der Waals surface area (Å²) in [7, 11) is 0. The summed E-state index contributed by atoms with van der Waals surface area (Å²) in [5.41, 5.74) is 2.15. The molecule has 5 heteroatoms. The van der Waals surface area contributed by atoms with E-state index >= 15 is 0 Å². The van der Waals surface area contributed by atoms with E-state index in [1.807, 2.05) is 43.3 Å². The Morgan fingerprint density at radius 1 is 1.17 bits per heavy atom. The van der Waals surface area contributed by atoms with Crippen molar-refractivity contribution in [2.75, 3.05) is 12.3 Å². The number of benzene rings is 2. The van der Waals surface area contributed by atoms with Crippen LogP contribution >= 0.6 is 23.4 Å². The fraction of sp³-hybridized carbons (Fsp3) is 0.158. The minimum Gasteiger partial charge on any atom is -0.351 e. The third kappa shape index (κ3) is 4.08. The molecule has 0 spiro atoms. The molecule has 2 aromatic carbocycles. The highest BCUT2D eigenvalue weighted by Gasteiger charge is 2.11. The molecular formula is C19H17ClN2OS. The molecule has 1 amide bonds. The summed E-state index contributed by atoms with van der Waals surface area (Å²) in [6.45, 7) is 2.45. The van der Waals surface area contributed by atoms with Crippen LogP contribution in [0.3, 0.4) is 0 Å². The largest absolute Gasteiger partial charge is 0.351 e. The third-order valence-corrected chi connectivity index (χ3v) is 4.86. The Morgan fingerprint density at radius 2 is 1.96 bits per heavy atom. The van der Waals surface area contributed by atoms with E-state index < -0.39 is 0 Å². The van der Waals surface area contributed by atoms with Crippen molar-refractivity contribution in [1.29, 1.82) is 0 Å². The Hall–Kier alpha value is -2.04. The molecule has 1 aromatic heterocycles. The summed E-state index contributed by atoms with van der Waals surface area (Å²) in [4.78, 5) is 18.1. The van der Waals surface area contributed by atoms with E-state index in [1.165, 1.54) is 4.90 Å². The maximum Gasteiger partial charge on any atom is 0.253 e. The number of amides is 1. The Balaban J connectivity index is 1.64. The highest BCUT2D eigenvalue weighted by atomic mass is 35.5. The van der Waals surface area contributed by atoms with Gasteiger partial charge in [0.05, 0.1) is 16.8 Å². The standard InChI is InChI=1S/C19H17ClN2OS/c1-13-17(12-14-11-15(20)7-8-18(14)22-13)19(23)21-9-10-24-16-5-3-2-4-6-16/h2-8,11-12H,9-10H2,1H3,(H,21,23). The number of carbonyl (C=O) groups excluding carboxylic acids is 1. The van der Waals surface area contributed by atoms with E-state index in [0.29, 0.717) is 17.1 Å². The molecule has 0 saturated carbocycles. The van der Waals surface area contributed by atoms with Gasteiger partial charge in [-0.2, -0.15) is 0 Å². The van der Waals surface area contributed by atoms with Crippen LogP contribution in [0, 0.1) is 6.92 Å². The van der Waals surface area contributed by atoms with Crippen LogP contribution in [0.1, 0.15) is 16.1 Å². The second-order valence-corrected chi connectivity index (χ2v) is 6.98. The van der Waals surface area contributed by atoms with E-state index in [4.69, 9.17) is 11.6 Å². The van der Waals surface area contributed by atoms with Gasteiger partial charge < -0.3 is 5.32 Å². The second kappa shape index (κ2) is 7.69. The van der Waals surface area contributed by atoms with Crippen LogP contribution in [0.25, 0.3) is 10.9 Å². The topological polar surface area (TPSA) is 42.0 Å². The van der Waals surface area contributed by atoms with Crippen molar-refractivity contribution < 1.29 is 4.79 Å². The number of rotatable bonds is 5. The van der Waals surface area contributed by atoms with Gasteiger partial charge in [0.15, 0.2) is 0 Å². The maximum absolute atomic E-state index is 12.4. The smallest absolute Gasteiger partial charge is 0.253 e. The fourth-order valence-electron chi connectivity index (χ4n) is 2.42. The predicted octanol–water partition coefficient (Wildman–Crippen LogP) is 4.72. The first-order valence-electron chi connectivity index (χ1n) is 7.66. The van der Waals surface area contributed by atoms with Gasteiger partial charge in [0.25, 0.3) is 5.91 Å². The first-order valence-corrected chi connectivity index (χ1v) is 9.03. The fourth-order valence-corrected chi connectivity index (χ4v) is 3.39. The highest BCUT2D eigenvalue weighted by molar-refractivity contribution is 7.99. The summed E-state index contributed by atoms with van der Waals surface area (Å²) < 4.78 is 0. The van der Waals surface area contributed by atoms with Crippen LogP contribution in [-0.4, -0.2) is 23.2 Å². The van der Waals surface area contributed by atoms with Crippen LogP contribution in [0.5, 0.6) is 0 Å². The van der Waals surface area contributed by atoms with E-state index in [2.05, 4.69) is 22.4 Å². The minimum atomic E-state index is -0.101. The molecule has 0 fully saturated rings. The number of aromatic nitrogens is 1. The van der Waals surface area contributed by atoms with Crippen LogP contribution < -0.4 is 5.32 Å². The third-order valence-electron chi connectivity index (χ3n) is 3.61. The number of nitrogens with zero attached hydrogens (tertiary/aromatic N) is 1. The lowest BCUT2D eigenvalue weighted by atomic mass is 10.1. The van der Waals surface area contributed by atoms with E-state index in [-0.39, 0.29) is 5.91 Å². The number of carbonyl (C=O) groups is 1. The van der Waals surface area contributed by atoms with Gasteiger partial charge in [-0.15, -0.1) is 11.8 Å². The Morgan fingerprint density at radius 3 is 2.75 bits per heavy atom. The number of hydrogen-bond donors (Lipinski definition) is 1. The van der Waals surface area contributed by atoms with Gasteiger partial charge in [-0.3, -0.25) is 9.78 Å². The first-order chi connectivity index (χ1) is 11.6. The van der Waals surface area contributed by atoms with Crippen molar-refractivity contribution in [3.05, 3.63) is 70.9 Å². The zero-order chi connectivity index (χ0) is 16.9. The van der Waals surface area contributed by atoms with E-state index in [9.17, 15) is 4.79 Å². The molecule has 24 heavy (non-hydrogen) atoms. The molecular weight excluding hydrogens is 340 g/mol. The van der Waals surface area contributed by atoms with Crippen LogP contribution in [-0.2, 0) is 0 Å². The van der Waals surface area contributed by atoms with Gasteiger partial charge in [0.2, 0.25) is 0 Å². The summed E-state index contributed by atoms with van der Waals surface area (Å²) in [6.07, 6.45) is 0. The normalized spacial score (nSPS) is 10.8. The van der Waals surface area contributed by atoms with Crippen molar-refractivity contribution >= 4 is 40.2 Å². The van der Waals surface area contributed by atoms with Gasteiger partial charge in [0.1, 0.15) is 0 Å². The minimum absolute atomic E-state index is 0.101. The average Bonchev–Trinajstić information content (AvgIpc) is 2.59. The molecule has 0 atom stereocenters. The molecule has 0 bridgehead atoms. The number of halogens is 1. The molecule has 122 valence electrons. The van der Waals surface area contributed by atoms with E-state index in [0.717, 1.165) is 22.3 Å². The van der Waals surface area contributed by atoms with Gasteiger partial charge in [-0.1, -0.05) is 29.8 Å². The Labute approximate surface area is 150 Å². The van der Waals surface area contributed by atoms with Crippen molar-refractivity contribution in [2.45, 2.75) is 11.8 Å². The lowest BCUT2D eigenvalue weighted by Gasteiger charge is -2.09. The van der Waals surface area contributed by atoms with Gasteiger partial charge >= 0.3 is 0 Å². The lowest BCUT2D eigenvalue weighted by molar-refractivity contribution is 0.0955. The van der Waals surface area contributed by atoms with Crippen molar-refractivity contribution in [3.63, 3.8) is 0 Å². The molecule has 0 saturated heterocycles. The van der Waals surface area contributed by atoms with Gasteiger partial charge in [0, 0.05) is 27.6 Å². The number of nitrogens with one attached hydrogen (secondary N) is 1. The van der Waals surface area contributed by atoms with E-state index in [1.54, 1.807) is 17.8 Å². The number of hydrogen-bond acceptors (Lipinski definition) is 3. The first kappa shape index (κ1) is 16.8. The molecule has 0 aliphatic carbocycles. The molecule has 0 aliphatic heterocycles. The number of fused-ring (bicyclic) bond motifs is 1. The Bertz CT molecular complexity index is 868. The zero-order valence-corrected chi connectivity index (χ0v) is 14.8. The summed E-state index contributed by atoms with van der Waals surface area (Å²) in [5.74, 6) is 0.720. The lowest BCUT2D eigenvalue weighted by Crippen LogP contribution is -2.26. The zero-order valence-electron chi connectivity index (χ0n) is 13.3. The molecule has 1 heterocycles. The molecule has 3 nitrogen and oxygen atoms in total. The number of aryl methyl sites for hydroxylation is 1. The molecule has 0 aliphatic rings. The van der Waals surface area contributed by atoms with Gasteiger partial charge in [-0.25, -0.2) is 0 Å². The van der Waals surface area contributed by atoms with Gasteiger partial charge in [-0.05, 0) is 43.3 Å². The SMILES string of the molecule is Cc1nc2ccc(Cl)cc2cc1C(=O)NCCSc1ccccc1. The molecule has 1 N–H and O–H groups in total. The monoisotopic (exact) mass is 356 g/mol.